The van der Waals surface area contributed by atoms with Crippen molar-refractivity contribution in [2.24, 2.45) is 11.7 Å². The summed E-state index contributed by atoms with van der Waals surface area (Å²) in [6, 6.07) is 1.50. The second-order valence-electron chi connectivity index (χ2n) is 6.76. The summed E-state index contributed by atoms with van der Waals surface area (Å²) in [7, 11) is 0. The first kappa shape index (κ1) is 12.9. The number of hydrogen-bond acceptors (Lipinski definition) is 3. The fraction of sp³-hybridized carbons (Fsp3) is 1.00. The van der Waals surface area contributed by atoms with Gasteiger partial charge in [0, 0.05) is 25.2 Å². The Labute approximate surface area is 111 Å². The average Bonchev–Trinajstić information content (AvgIpc) is 2.38. The fourth-order valence-electron chi connectivity index (χ4n) is 4.12. The van der Waals surface area contributed by atoms with Gasteiger partial charge in [-0.25, -0.2) is 0 Å². The average molecular weight is 252 g/mol. The predicted octanol–water partition coefficient (Wildman–Crippen LogP) is 2.15. The van der Waals surface area contributed by atoms with Crippen LogP contribution in [0.15, 0.2) is 0 Å². The Morgan fingerprint density at radius 1 is 1.28 bits per heavy atom. The largest absolute Gasteiger partial charge is 0.375 e. The van der Waals surface area contributed by atoms with Gasteiger partial charge in [-0.3, -0.25) is 4.90 Å². The number of hydrogen-bond donors (Lipinski definition) is 1. The van der Waals surface area contributed by atoms with Gasteiger partial charge in [0.15, 0.2) is 0 Å². The molecule has 3 rings (SSSR count). The molecule has 0 amide bonds. The lowest BCUT2D eigenvalue weighted by Crippen LogP contribution is -2.56. The van der Waals surface area contributed by atoms with Gasteiger partial charge < -0.3 is 10.5 Å². The maximum Gasteiger partial charge on any atom is 0.0697 e. The van der Waals surface area contributed by atoms with Crippen molar-refractivity contribution in [1.82, 2.24) is 4.90 Å². The van der Waals surface area contributed by atoms with Crippen LogP contribution < -0.4 is 5.73 Å². The van der Waals surface area contributed by atoms with Crippen LogP contribution in [-0.4, -0.2) is 42.3 Å². The van der Waals surface area contributed by atoms with Crippen molar-refractivity contribution in [3.8, 4) is 0 Å². The Kier molecular flexibility index (Phi) is 3.65. The molecule has 0 radical (unpaired) electrons. The maximum atomic E-state index is 6.06. The van der Waals surface area contributed by atoms with Crippen molar-refractivity contribution < 1.29 is 4.74 Å². The Hall–Kier alpha value is -0.120. The summed E-state index contributed by atoms with van der Waals surface area (Å²) in [5, 5.41) is 0. The number of nitrogens with zero attached hydrogens (tertiary/aromatic N) is 1. The third-order valence-corrected chi connectivity index (χ3v) is 5.56. The molecular weight excluding hydrogens is 224 g/mol. The zero-order chi connectivity index (χ0) is 12.6. The van der Waals surface area contributed by atoms with E-state index in [4.69, 9.17) is 10.5 Å². The van der Waals surface area contributed by atoms with E-state index in [1.807, 2.05) is 0 Å². The fourth-order valence-corrected chi connectivity index (χ4v) is 4.12. The van der Waals surface area contributed by atoms with Gasteiger partial charge in [0.05, 0.1) is 5.60 Å². The van der Waals surface area contributed by atoms with E-state index >= 15 is 0 Å². The molecule has 2 aliphatic heterocycles. The summed E-state index contributed by atoms with van der Waals surface area (Å²) in [5.41, 5.74) is 6.16. The van der Waals surface area contributed by atoms with Crippen LogP contribution in [0, 0.1) is 5.92 Å². The van der Waals surface area contributed by atoms with E-state index in [-0.39, 0.29) is 5.60 Å². The molecule has 2 N–H and O–H groups in total. The van der Waals surface area contributed by atoms with Gasteiger partial charge in [-0.15, -0.1) is 0 Å². The van der Waals surface area contributed by atoms with E-state index < -0.39 is 0 Å². The lowest BCUT2D eigenvalue weighted by Gasteiger charge is -2.52. The molecule has 1 saturated carbocycles. The first-order valence-electron chi connectivity index (χ1n) is 7.82. The normalized spacial score (nSPS) is 40.7. The molecule has 1 spiro atoms. The minimum atomic E-state index is 0.276. The standard InChI is InChI=1S/C15H28N2O/c1-12-3-4-13(10-16)11-17(12)14-5-8-18-15(9-14)6-2-7-15/h12-14H,2-11,16H2,1H3. The molecular formula is C15H28N2O. The molecule has 1 aliphatic carbocycles. The first-order chi connectivity index (χ1) is 8.72. The maximum absolute atomic E-state index is 6.06. The van der Waals surface area contributed by atoms with E-state index in [1.165, 1.54) is 51.5 Å². The molecule has 2 saturated heterocycles. The Bertz CT molecular complexity index is 290. The molecule has 18 heavy (non-hydrogen) atoms. The molecule has 0 aromatic heterocycles. The highest BCUT2D eigenvalue weighted by atomic mass is 16.5. The zero-order valence-corrected chi connectivity index (χ0v) is 11.7. The SMILES string of the molecule is CC1CCC(CN)CN1C1CCOC2(CCC2)C1. The van der Waals surface area contributed by atoms with Crippen LogP contribution in [-0.2, 0) is 4.74 Å². The Balaban J connectivity index is 1.64. The van der Waals surface area contributed by atoms with Gasteiger partial charge in [-0.05, 0) is 64.3 Å². The number of ether oxygens (including phenoxy) is 1. The van der Waals surface area contributed by atoms with Gasteiger partial charge in [0.1, 0.15) is 0 Å². The number of nitrogens with two attached hydrogens (primary N) is 1. The smallest absolute Gasteiger partial charge is 0.0697 e. The van der Waals surface area contributed by atoms with Crippen LogP contribution >= 0.6 is 0 Å². The molecule has 3 nitrogen and oxygen atoms in total. The molecule has 0 aromatic carbocycles. The van der Waals surface area contributed by atoms with Crippen LogP contribution in [0.4, 0.5) is 0 Å². The van der Waals surface area contributed by atoms with Crippen molar-refractivity contribution in [3.63, 3.8) is 0 Å². The summed E-state index contributed by atoms with van der Waals surface area (Å²) in [6.45, 7) is 5.45. The molecule has 3 atom stereocenters. The second kappa shape index (κ2) is 5.10. The van der Waals surface area contributed by atoms with E-state index in [0.717, 1.165) is 31.2 Å². The van der Waals surface area contributed by atoms with Crippen molar-refractivity contribution in [2.75, 3.05) is 19.7 Å². The summed E-state index contributed by atoms with van der Waals surface area (Å²) >= 11 is 0. The lowest BCUT2D eigenvalue weighted by atomic mass is 9.73. The van der Waals surface area contributed by atoms with E-state index in [1.54, 1.807) is 0 Å². The monoisotopic (exact) mass is 252 g/mol. The van der Waals surface area contributed by atoms with Crippen LogP contribution in [0.5, 0.6) is 0 Å². The van der Waals surface area contributed by atoms with Gasteiger partial charge in [-0.2, -0.15) is 0 Å². The Morgan fingerprint density at radius 3 is 2.78 bits per heavy atom. The predicted molar refractivity (Wildman–Crippen MR) is 73.5 cm³/mol. The van der Waals surface area contributed by atoms with E-state index in [9.17, 15) is 0 Å². The topological polar surface area (TPSA) is 38.5 Å². The summed E-state index contributed by atoms with van der Waals surface area (Å²) in [4.78, 5) is 2.75. The molecule has 0 aromatic rings. The van der Waals surface area contributed by atoms with E-state index in [2.05, 4.69) is 11.8 Å². The lowest BCUT2D eigenvalue weighted by molar-refractivity contribution is -0.154. The van der Waals surface area contributed by atoms with Crippen molar-refractivity contribution in [3.05, 3.63) is 0 Å². The molecule has 3 unspecified atom stereocenters. The molecule has 0 bridgehead atoms. The molecule has 2 heterocycles. The Morgan fingerprint density at radius 2 is 2.11 bits per heavy atom. The van der Waals surface area contributed by atoms with Crippen molar-refractivity contribution >= 4 is 0 Å². The van der Waals surface area contributed by atoms with Crippen LogP contribution in [0.25, 0.3) is 0 Å². The van der Waals surface area contributed by atoms with E-state index in [0.29, 0.717) is 0 Å². The second-order valence-corrected chi connectivity index (χ2v) is 6.76. The molecule has 3 fully saturated rings. The van der Waals surface area contributed by atoms with Gasteiger partial charge in [0.25, 0.3) is 0 Å². The third kappa shape index (κ3) is 2.33. The minimum absolute atomic E-state index is 0.276. The van der Waals surface area contributed by atoms with Gasteiger partial charge in [-0.1, -0.05) is 0 Å². The highest BCUT2D eigenvalue weighted by molar-refractivity contribution is 4.98. The summed E-state index contributed by atoms with van der Waals surface area (Å²) < 4.78 is 6.06. The quantitative estimate of drug-likeness (QED) is 0.818. The molecule has 104 valence electrons. The number of likely N-dealkylation sites (tertiary alicyclic amines) is 1. The van der Waals surface area contributed by atoms with Crippen molar-refractivity contribution in [1.29, 1.82) is 0 Å². The summed E-state index contributed by atoms with van der Waals surface area (Å²) in [5.74, 6) is 0.724. The van der Waals surface area contributed by atoms with Gasteiger partial charge >= 0.3 is 0 Å². The molecule has 3 heteroatoms. The highest BCUT2D eigenvalue weighted by Gasteiger charge is 2.45. The van der Waals surface area contributed by atoms with Crippen LogP contribution in [0.1, 0.15) is 51.9 Å². The zero-order valence-electron chi connectivity index (χ0n) is 11.7. The third-order valence-electron chi connectivity index (χ3n) is 5.56. The van der Waals surface area contributed by atoms with Crippen LogP contribution in [0.3, 0.4) is 0 Å². The first-order valence-corrected chi connectivity index (χ1v) is 7.82. The molecule has 3 aliphatic rings. The minimum Gasteiger partial charge on any atom is -0.375 e. The van der Waals surface area contributed by atoms with Crippen LogP contribution in [0.2, 0.25) is 0 Å². The highest BCUT2D eigenvalue weighted by Crippen LogP contribution is 2.44. The van der Waals surface area contributed by atoms with Gasteiger partial charge in [0.2, 0.25) is 0 Å². The number of piperidine rings is 1. The summed E-state index contributed by atoms with van der Waals surface area (Å²) in [6.07, 6.45) is 9.11. The van der Waals surface area contributed by atoms with Crippen molar-refractivity contribution in [2.45, 2.75) is 69.6 Å². The number of rotatable bonds is 2.